The number of fused-ring (bicyclic) bond motifs is 1. The third kappa shape index (κ3) is 3.64. The topological polar surface area (TPSA) is 80.0 Å². The van der Waals surface area contributed by atoms with Gasteiger partial charge in [0.1, 0.15) is 22.8 Å². The summed E-state index contributed by atoms with van der Waals surface area (Å²) in [5.74, 6) is -1.33. The van der Waals surface area contributed by atoms with Crippen LogP contribution in [0.4, 0.5) is 14.6 Å². The van der Waals surface area contributed by atoms with Gasteiger partial charge in [0.15, 0.2) is 5.82 Å². The summed E-state index contributed by atoms with van der Waals surface area (Å²) in [6.45, 7) is 1.73. The number of rotatable bonds is 3. The number of hydrogen-bond acceptors (Lipinski definition) is 6. The number of piperazine rings is 1. The molecule has 10 heteroatoms. The van der Waals surface area contributed by atoms with Crippen molar-refractivity contribution >= 4 is 22.8 Å². The number of aromatic nitrogens is 5. The van der Waals surface area contributed by atoms with Crippen LogP contribution in [-0.2, 0) is 7.05 Å². The van der Waals surface area contributed by atoms with E-state index < -0.39 is 17.5 Å². The van der Waals surface area contributed by atoms with Crippen LogP contribution in [0.25, 0.3) is 22.3 Å². The molecule has 4 heterocycles. The van der Waals surface area contributed by atoms with Crippen LogP contribution in [0, 0.1) is 11.6 Å². The molecule has 0 atom stereocenters. The number of nitrogens with zero attached hydrogens (tertiary/aromatic N) is 7. The second-order valence-corrected chi connectivity index (χ2v) is 7.57. The average molecular weight is 435 g/mol. The first kappa shape index (κ1) is 20.0. The van der Waals surface area contributed by atoms with E-state index in [2.05, 4.69) is 15.0 Å². The van der Waals surface area contributed by atoms with E-state index in [-0.39, 0.29) is 5.56 Å². The van der Waals surface area contributed by atoms with Crippen molar-refractivity contribution in [2.24, 2.45) is 7.05 Å². The van der Waals surface area contributed by atoms with Crippen molar-refractivity contribution < 1.29 is 13.6 Å². The van der Waals surface area contributed by atoms with Crippen LogP contribution in [-0.4, -0.2) is 61.7 Å². The Morgan fingerprint density at radius 3 is 2.53 bits per heavy atom. The predicted octanol–water partition coefficient (Wildman–Crippen LogP) is 2.67. The van der Waals surface area contributed by atoms with Crippen molar-refractivity contribution in [1.82, 2.24) is 29.6 Å². The summed E-state index contributed by atoms with van der Waals surface area (Å²) in [5.41, 5.74) is 2.77. The first-order valence-electron chi connectivity index (χ1n) is 10.1. The van der Waals surface area contributed by atoms with E-state index in [1.165, 1.54) is 6.07 Å². The highest BCUT2D eigenvalue weighted by molar-refractivity contribution is 5.94. The molecule has 3 aromatic heterocycles. The normalized spacial score (nSPS) is 14.2. The zero-order chi connectivity index (χ0) is 22.2. The van der Waals surface area contributed by atoms with Gasteiger partial charge in [-0.05, 0) is 18.2 Å². The van der Waals surface area contributed by atoms with E-state index in [0.717, 1.165) is 23.2 Å². The molecule has 0 unspecified atom stereocenters. The molecule has 0 N–H and O–H groups in total. The number of carbonyl (C=O) groups is 1. The van der Waals surface area contributed by atoms with Crippen LogP contribution in [0.2, 0.25) is 0 Å². The van der Waals surface area contributed by atoms with Crippen LogP contribution < -0.4 is 4.90 Å². The Hall–Kier alpha value is -3.95. The molecule has 1 aliphatic rings. The van der Waals surface area contributed by atoms with Crippen LogP contribution in [0.5, 0.6) is 0 Å². The Morgan fingerprint density at radius 2 is 1.81 bits per heavy atom. The monoisotopic (exact) mass is 435 g/mol. The highest BCUT2D eigenvalue weighted by Gasteiger charge is 2.27. The van der Waals surface area contributed by atoms with Gasteiger partial charge in [0.05, 0.1) is 23.5 Å². The summed E-state index contributed by atoms with van der Waals surface area (Å²) in [6.07, 6.45) is 6.93. The minimum atomic E-state index is -0.856. The molecule has 0 saturated carbocycles. The molecule has 5 rings (SSSR count). The second-order valence-electron chi connectivity index (χ2n) is 7.57. The number of benzene rings is 1. The molecule has 1 amide bonds. The number of pyridine rings is 1. The molecule has 0 aliphatic carbocycles. The Balaban J connectivity index is 1.42. The summed E-state index contributed by atoms with van der Waals surface area (Å²) < 4.78 is 28.9. The van der Waals surface area contributed by atoms with Crippen LogP contribution in [0.15, 0.2) is 49.1 Å². The molecule has 8 nitrogen and oxygen atoms in total. The van der Waals surface area contributed by atoms with Crippen molar-refractivity contribution in [3.05, 3.63) is 66.3 Å². The van der Waals surface area contributed by atoms with E-state index in [1.807, 2.05) is 13.2 Å². The Morgan fingerprint density at radius 1 is 1.00 bits per heavy atom. The summed E-state index contributed by atoms with van der Waals surface area (Å²) in [5, 5.41) is 4.24. The lowest BCUT2D eigenvalue weighted by molar-refractivity contribution is 0.0741. The molecule has 1 saturated heterocycles. The molecule has 32 heavy (non-hydrogen) atoms. The van der Waals surface area contributed by atoms with Crippen molar-refractivity contribution in [3.63, 3.8) is 0 Å². The van der Waals surface area contributed by atoms with Crippen molar-refractivity contribution in [1.29, 1.82) is 0 Å². The summed E-state index contributed by atoms with van der Waals surface area (Å²) in [4.78, 5) is 30.1. The van der Waals surface area contributed by atoms with Gasteiger partial charge in [-0.2, -0.15) is 5.10 Å². The Bertz CT molecular complexity index is 1310. The molecular weight excluding hydrogens is 416 g/mol. The summed E-state index contributed by atoms with van der Waals surface area (Å²) >= 11 is 0. The van der Waals surface area contributed by atoms with Crippen molar-refractivity contribution in [2.45, 2.75) is 0 Å². The van der Waals surface area contributed by atoms with Gasteiger partial charge in [-0.1, -0.05) is 0 Å². The highest BCUT2D eigenvalue weighted by atomic mass is 19.1. The average Bonchev–Trinajstić information content (AvgIpc) is 3.24. The lowest BCUT2D eigenvalue weighted by atomic mass is 10.1. The maximum absolute atomic E-state index is 14.1. The van der Waals surface area contributed by atoms with E-state index in [0.29, 0.717) is 43.2 Å². The fourth-order valence-electron chi connectivity index (χ4n) is 3.81. The van der Waals surface area contributed by atoms with Gasteiger partial charge in [0.25, 0.3) is 5.91 Å². The van der Waals surface area contributed by atoms with Gasteiger partial charge in [-0.15, -0.1) is 0 Å². The first-order chi connectivity index (χ1) is 15.5. The van der Waals surface area contributed by atoms with E-state index in [9.17, 15) is 13.6 Å². The van der Waals surface area contributed by atoms with Gasteiger partial charge in [-0.25, -0.2) is 18.7 Å². The van der Waals surface area contributed by atoms with Crippen LogP contribution >= 0.6 is 0 Å². The van der Waals surface area contributed by atoms with Gasteiger partial charge in [0, 0.05) is 57.3 Å². The van der Waals surface area contributed by atoms with E-state index in [1.54, 1.807) is 34.2 Å². The molecule has 1 aromatic carbocycles. The number of carbonyl (C=O) groups excluding carboxylic acids is 1. The fraction of sp³-hybridized carbons (Fsp3) is 0.227. The maximum atomic E-state index is 14.1. The van der Waals surface area contributed by atoms with Gasteiger partial charge < -0.3 is 9.80 Å². The summed E-state index contributed by atoms with van der Waals surface area (Å²) in [6, 6.07) is 4.80. The van der Waals surface area contributed by atoms with Gasteiger partial charge >= 0.3 is 0 Å². The number of anilines is 1. The smallest absolute Gasteiger partial charge is 0.256 e. The largest absolute Gasteiger partial charge is 0.351 e. The number of amides is 1. The second kappa shape index (κ2) is 7.95. The predicted molar refractivity (Wildman–Crippen MR) is 114 cm³/mol. The molecule has 0 radical (unpaired) electrons. The lowest BCUT2D eigenvalue weighted by Crippen LogP contribution is -2.49. The Kier molecular flexibility index (Phi) is 4.96. The van der Waals surface area contributed by atoms with Crippen molar-refractivity contribution in [3.8, 4) is 11.3 Å². The minimum Gasteiger partial charge on any atom is -0.351 e. The highest BCUT2D eigenvalue weighted by Crippen LogP contribution is 2.30. The van der Waals surface area contributed by atoms with Crippen LogP contribution in [0.1, 0.15) is 10.4 Å². The van der Waals surface area contributed by atoms with Gasteiger partial charge in [0.2, 0.25) is 0 Å². The zero-order valence-electron chi connectivity index (χ0n) is 17.2. The minimum absolute atomic E-state index is 0.131. The molecular formula is C22H19F2N7O. The first-order valence-corrected chi connectivity index (χ1v) is 10.1. The number of aryl methyl sites for hydroxylation is 1. The van der Waals surface area contributed by atoms with Gasteiger partial charge in [-0.3, -0.25) is 14.5 Å². The summed E-state index contributed by atoms with van der Waals surface area (Å²) in [7, 11) is 1.83. The molecule has 0 spiro atoms. The van der Waals surface area contributed by atoms with E-state index >= 15 is 0 Å². The SMILES string of the molecule is Cn1cc(-c2nc3cnccc3nc2N2CCN(C(=O)c3ccc(F)cc3F)CC2)cn1. The molecule has 0 bridgehead atoms. The Labute approximate surface area is 182 Å². The maximum Gasteiger partial charge on any atom is 0.256 e. The molecule has 1 fully saturated rings. The third-order valence-electron chi connectivity index (χ3n) is 5.45. The number of halogens is 2. The molecule has 1 aliphatic heterocycles. The number of hydrogen-bond donors (Lipinski definition) is 0. The standard InChI is InChI=1S/C22H19F2N7O/c1-29-13-14(11-26-29)20-21(28-18-4-5-25-12-19(18)27-20)30-6-8-31(9-7-30)22(32)16-3-2-15(23)10-17(16)24/h2-5,10-13H,6-9H2,1H3. The van der Waals surface area contributed by atoms with E-state index in [4.69, 9.17) is 9.97 Å². The molecule has 162 valence electrons. The fourth-order valence-corrected chi connectivity index (χ4v) is 3.81. The van der Waals surface area contributed by atoms with Crippen molar-refractivity contribution in [2.75, 3.05) is 31.1 Å². The quantitative estimate of drug-likeness (QED) is 0.492. The van der Waals surface area contributed by atoms with Crippen LogP contribution in [0.3, 0.4) is 0 Å². The lowest BCUT2D eigenvalue weighted by Gasteiger charge is -2.36. The third-order valence-corrected chi connectivity index (χ3v) is 5.45. The zero-order valence-corrected chi connectivity index (χ0v) is 17.2. The molecule has 4 aromatic rings.